The summed E-state index contributed by atoms with van der Waals surface area (Å²) < 4.78 is 5.30. The Labute approximate surface area is 128 Å². The number of rotatable bonds is 5. The number of methoxy groups -OCH3 is 1. The lowest BCUT2D eigenvalue weighted by Crippen LogP contribution is -1.91. The van der Waals surface area contributed by atoms with Crippen LogP contribution in [0.2, 0.25) is 0 Å². The molecule has 5 nitrogen and oxygen atoms in total. The Morgan fingerprint density at radius 2 is 2.29 bits per heavy atom. The summed E-state index contributed by atoms with van der Waals surface area (Å²) in [5.74, 6) is 8.25. The van der Waals surface area contributed by atoms with Crippen molar-refractivity contribution in [1.29, 1.82) is 0 Å². The van der Waals surface area contributed by atoms with E-state index in [0.717, 1.165) is 33.6 Å². The summed E-state index contributed by atoms with van der Waals surface area (Å²) in [5, 5.41) is 16.4. The fraction of sp³-hybridized carbons (Fsp3) is 0.333. The summed E-state index contributed by atoms with van der Waals surface area (Å²) in [7, 11) is 1.62. The number of aromatic nitrogens is 3. The molecular weight excluding hydrogens is 286 g/mol. The van der Waals surface area contributed by atoms with Crippen LogP contribution in [0.5, 0.6) is 5.75 Å². The van der Waals surface area contributed by atoms with Crippen LogP contribution in [0.15, 0.2) is 23.4 Å². The molecule has 0 bridgehead atoms. The van der Waals surface area contributed by atoms with Crippen LogP contribution in [0, 0.1) is 18.8 Å². The largest absolute Gasteiger partial charge is 0.495 e. The van der Waals surface area contributed by atoms with Crippen LogP contribution in [-0.4, -0.2) is 34.0 Å². The Morgan fingerprint density at radius 3 is 2.95 bits per heavy atom. The number of nitrogens with zero attached hydrogens (tertiary/aromatic N) is 2. The van der Waals surface area contributed by atoms with Crippen molar-refractivity contribution in [2.45, 2.75) is 24.3 Å². The normalized spacial score (nSPS) is 10.0. The number of thioether (sulfide) groups is 1. The first-order chi connectivity index (χ1) is 10.2. The second kappa shape index (κ2) is 7.72. The van der Waals surface area contributed by atoms with Gasteiger partial charge in [0.15, 0.2) is 0 Å². The highest BCUT2D eigenvalue weighted by Gasteiger charge is 2.05. The van der Waals surface area contributed by atoms with E-state index in [9.17, 15) is 0 Å². The third-order valence-electron chi connectivity index (χ3n) is 2.67. The number of aliphatic hydroxyl groups is 1. The quantitative estimate of drug-likeness (QED) is 0.654. The highest BCUT2D eigenvalue weighted by molar-refractivity contribution is 7.98. The van der Waals surface area contributed by atoms with Crippen LogP contribution in [0.25, 0.3) is 0 Å². The number of aromatic amines is 1. The molecule has 0 spiro atoms. The number of aliphatic hydroxyl groups excluding tert-OH is 1. The van der Waals surface area contributed by atoms with Gasteiger partial charge in [-0.15, -0.1) is 5.10 Å². The number of hydrogen-bond donors (Lipinski definition) is 2. The Balaban J connectivity index is 2.10. The van der Waals surface area contributed by atoms with Gasteiger partial charge >= 0.3 is 0 Å². The van der Waals surface area contributed by atoms with Crippen molar-refractivity contribution in [1.82, 2.24) is 15.2 Å². The molecule has 2 aromatic rings. The van der Waals surface area contributed by atoms with Gasteiger partial charge in [-0.1, -0.05) is 29.7 Å². The zero-order valence-electron chi connectivity index (χ0n) is 12.0. The summed E-state index contributed by atoms with van der Waals surface area (Å²) in [5.41, 5.74) is 1.95. The third-order valence-corrected chi connectivity index (χ3v) is 3.59. The van der Waals surface area contributed by atoms with E-state index in [1.165, 1.54) is 0 Å². The summed E-state index contributed by atoms with van der Waals surface area (Å²) in [4.78, 5) is 4.26. The zero-order valence-corrected chi connectivity index (χ0v) is 12.8. The molecule has 0 amide bonds. The van der Waals surface area contributed by atoms with Crippen molar-refractivity contribution in [3.63, 3.8) is 0 Å². The van der Waals surface area contributed by atoms with Crippen LogP contribution in [0.1, 0.15) is 23.4 Å². The molecule has 0 aliphatic heterocycles. The lowest BCUT2D eigenvalue weighted by atomic mass is 10.1. The Bertz CT molecular complexity index is 658. The van der Waals surface area contributed by atoms with Gasteiger partial charge in [0.25, 0.3) is 0 Å². The van der Waals surface area contributed by atoms with Crippen LogP contribution in [0.4, 0.5) is 0 Å². The average Bonchev–Trinajstić information content (AvgIpc) is 2.91. The maximum absolute atomic E-state index is 8.78. The molecule has 1 aromatic carbocycles. The first-order valence-corrected chi connectivity index (χ1v) is 7.50. The maximum atomic E-state index is 8.78. The number of nitrogens with one attached hydrogen (secondary N) is 1. The van der Waals surface area contributed by atoms with Crippen molar-refractivity contribution in [3.8, 4) is 17.6 Å². The van der Waals surface area contributed by atoms with E-state index >= 15 is 0 Å². The molecule has 2 rings (SSSR count). The van der Waals surface area contributed by atoms with E-state index in [2.05, 4.69) is 27.0 Å². The van der Waals surface area contributed by atoms with Crippen molar-refractivity contribution in [3.05, 3.63) is 35.2 Å². The second-order valence-electron chi connectivity index (χ2n) is 4.30. The topological polar surface area (TPSA) is 71.0 Å². The number of H-pyrrole nitrogens is 1. The molecule has 6 heteroatoms. The summed E-state index contributed by atoms with van der Waals surface area (Å²) in [6.07, 6.45) is 0.457. The van der Waals surface area contributed by atoms with Crippen LogP contribution in [-0.2, 0) is 5.75 Å². The standard InChI is InChI=1S/C15H17N3O2S/c1-11-16-15(18-17-11)21-10-12-6-7-14(20-2)13(9-12)5-3-4-8-19/h6-7,9,19H,4,8,10H2,1-2H3,(H,16,17,18). The van der Waals surface area contributed by atoms with Crippen LogP contribution in [0.3, 0.4) is 0 Å². The highest BCUT2D eigenvalue weighted by atomic mass is 32.2. The molecule has 0 aliphatic rings. The lowest BCUT2D eigenvalue weighted by molar-refractivity contribution is 0.305. The van der Waals surface area contributed by atoms with Crippen molar-refractivity contribution < 1.29 is 9.84 Å². The summed E-state index contributed by atoms with van der Waals surface area (Å²) >= 11 is 1.56. The Morgan fingerprint density at radius 1 is 1.43 bits per heavy atom. The lowest BCUT2D eigenvalue weighted by Gasteiger charge is -2.06. The van der Waals surface area contributed by atoms with Gasteiger partial charge in [0.1, 0.15) is 11.6 Å². The number of ether oxygens (including phenoxy) is 1. The van der Waals surface area contributed by atoms with Gasteiger partial charge in [-0.25, -0.2) is 4.98 Å². The van der Waals surface area contributed by atoms with Crippen molar-refractivity contribution >= 4 is 11.8 Å². The molecule has 1 aromatic heterocycles. The first-order valence-electron chi connectivity index (χ1n) is 6.51. The molecular formula is C15H17N3O2S. The van der Waals surface area contributed by atoms with Gasteiger partial charge in [0, 0.05) is 12.2 Å². The maximum Gasteiger partial charge on any atom is 0.208 e. The first kappa shape index (κ1) is 15.4. The highest BCUT2D eigenvalue weighted by Crippen LogP contribution is 2.24. The molecule has 21 heavy (non-hydrogen) atoms. The van der Waals surface area contributed by atoms with Crippen molar-refractivity contribution in [2.24, 2.45) is 0 Å². The molecule has 0 unspecified atom stereocenters. The predicted octanol–water partition coefficient (Wildman–Crippen LogP) is 2.15. The summed E-state index contributed by atoms with van der Waals surface area (Å²) in [6, 6.07) is 5.90. The van der Waals surface area contributed by atoms with E-state index in [1.54, 1.807) is 18.9 Å². The molecule has 2 N–H and O–H groups in total. The second-order valence-corrected chi connectivity index (χ2v) is 5.24. The van der Waals surface area contributed by atoms with Gasteiger partial charge in [-0.3, -0.25) is 5.10 Å². The molecule has 0 aliphatic carbocycles. The van der Waals surface area contributed by atoms with Gasteiger partial charge in [-0.2, -0.15) is 0 Å². The van der Waals surface area contributed by atoms with Gasteiger partial charge in [0.05, 0.1) is 19.3 Å². The monoisotopic (exact) mass is 303 g/mol. The minimum absolute atomic E-state index is 0.0645. The van der Waals surface area contributed by atoms with Gasteiger partial charge < -0.3 is 9.84 Å². The van der Waals surface area contributed by atoms with Gasteiger partial charge in [0.2, 0.25) is 5.16 Å². The van der Waals surface area contributed by atoms with E-state index < -0.39 is 0 Å². The molecule has 0 saturated heterocycles. The van der Waals surface area contributed by atoms with E-state index in [1.807, 2.05) is 25.1 Å². The average molecular weight is 303 g/mol. The molecule has 0 saturated carbocycles. The van der Waals surface area contributed by atoms with Crippen molar-refractivity contribution in [2.75, 3.05) is 13.7 Å². The smallest absolute Gasteiger partial charge is 0.208 e. The Hall–Kier alpha value is -1.97. The number of benzene rings is 1. The fourth-order valence-electron chi connectivity index (χ4n) is 1.69. The van der Waals surface area contributed by atoms with E-state index in [0.29, 0.717) is 6.42 Å². The minimum atomic E-state index is 0.0645. The number of hydrogen-bond acceptors (Lipinski definition) is 5. The molecule has 110 valence electrons. The predicted molar refractivity (Wildman–Crippen MR) is 82.3 cm³/mol. The Kier molecular flexibility index (Phi) is 5.67. The molecule has 0 atom stereocenters. The third kappa shape index (κ3) is 4.52. The summed E-state index contributed by atoms with van der Waals surface area (Å²) in [6.45, 7) is 1.94. The molecule has 0 radical (unpaired) electrons. The zero-order chi connectivity index (χ0) is 15.1. The minimum Gasteiger partial charge on any atom is -0.495 e. The van der Waals surface area contributed by atoms with Crippen LogP contribution < -0.4 is 4.74 Å². The fourth-order valence-corrected chi connectivity index (χ4v) is 2.48. The van der Waals surface area contributed by atoms with Crippen LogP contribution >= 0.6 is 11.8 Å². The van der Waals surface area contributed by atoms with E-state index in [4.69, 9.17) is 9.84 Å². The molecule has 0 fully saturated rings. The SMILES string of the molecule is COc1ccc(CSc2n[nH]c(C)n2)cc1C#CCCO. The molecule has 1 heterocycles. The van der Waals surface area contributed by atoms with Gasteiger partial charge in [-0.05, 0) is 24.6 Å². The number of aryl methyl sites for hydroxylation is 1. The van der Waals surface area contributed by atoms with E-state index in [-0.39, 0.29) is 6.61 Å².